The number of hydrogen-bond acceptors (Lipinski definition) is 5. The van der Waals surface area contributed by atoms with Crippen molar-refractivity contribution in [2.45, 2.75) is 11.3 Å². The molecule has 0 fully saturated rings. The van der Waals surface area contributed by atoms with E-state index >= 15 is 0 Å². The normalized spacial score (nSPS) is 11.4. The number of nitrogens with one attached hydrogen (secondary N) is 1. The SMILES string of the molecule is COc1ccc(S(=O)(=O)Nc2ccn(C)n2)c(CCN)c1. The molecule has 7 nitrogen and oxygen atoms in total. The maximum atomic E-state index is 12.5. The lowest BCUT2D eigenvalue weighted by atomic mass is 10.1. The van der Waals surface area contributed by atoms with Gasteiger partial charge in [0.05, 0.1) is 12.0 Å². The number of aryl methyl sites for hydroxylation is 1. The number of ether oxygens (including phenoxy) is 1. The third kappa shape index (κ3) is 3.53. The van der Waals surface area contributed by atoms with Crippen molar-refractivity contribution < 1.29 is 13.2 Å². The molecule has 1 aromatic carbocycles. The molecule has 0 spiro atoms. The zero-order valence-corrected chi connectivity index (χ0v) is 12.7. The highest BCUT2D eigenvalue weighted by molar-refractivity contribution is 7.92. The number of nitrogens with zero attached hydrogens (tertiary/aromatic N) is 2. The Morgan fingerprint density at radius 2 is 2.14 bits per heavy atom. The first-order valence-electron chi connectivity index (χ1n) is 6.35. The van der Waals surface area contributed by atoms with Gasteiger partial charge in [-0.25, -0.2) is 8.42 Å². The summed E-state index contributed by atoms with van der Waals surface area (Å²) in [4.78, 5) is 0.180. The van der Waals surface area contributed by atoms with Crippen LogP contribution in [-0.2, 0) is 23.5 Å². The second-order valence-corrected chi connectivity index (χ2v) is 6.14. The van der Waals surface area contributed by atoms with Crippen LogP contribution in [0, 0.1) is 0 Å². The smallest absolute Gasteiger partial charge is 0.263 e. The van der Waals surface area contributed by atoms with Crippen LogP contribution in [0.25, 0.3) is 0 Å². The maximum absolute atomic E-state index is 12.5. The molecule has 0 unspecified atom stereocenters. The Balaban J connectivity index is 2.38. The van der Waals surface area contributed by atoms with Crippen LogP contribution in [-0.4, -0.2) is 31.9 Å². The van der Waals surface area contributed by atoms with Crippen molar-refractivity contribution in [3.05, 3.63) is 36.0 Å². The summed E-state index contributed by atoms with van der Waals surface area (Å²) < 4.78 is 34.0. The highest BCUT2D eigenvalue weighted by Crippen LogP contribution is 2.23. The zero-order chi connectivity index (χ0) is 15.5. The van der Waals surface area contributed by atoms with Gasteiger partial charge in [0, 0.05) is 19.3 Å². The van der Waals surface area contributed by atoms with Crippen molar-refractivity contribution in [1.82, 2.24) is 9.78 Å². The molecule has 0 aliphatic heterocycles. The van der Waals surface area contributed by atoms with Gasteiger partial charge >= 0.3 is 0 Å². The van der Waals surface area contributed by atoms with Crippen LogP contribution in [0.1, 0.15) is 5.56 Å². The number of nitrogens with two attached hydrogens (primary N) is 1. The minimum atomic E-state index is -3.71. The zero-order valence-electron chi connectivity index (χ0n) is 11.9. The summed E-state index contributed by atoms with van der Waals surface area (Å²) >= 11 is 0. The van der Waals surface area contributed by atoms with Crippen LogP contribution in [0.5, 0.6) is 5.75 Å². The molecule has 2 rings (SSSR count). The van der Waals surface area contributed by atoms with Crippen molar-refractivity contribution >= 4 is 15.8 Å². The molecule has 0 atom stereocenters. The van der Waals surface area contributed by atoms with E-state index in [-0.39, 0.29) is 10.7 Å². The Kier molecular flexibility index (Phi) is 4.49. The Morgan fingerprint density at radius 3 is 2.71 bits per heavy atom. The Hall–Kier alpha value is -2.06. The fourth-order valence-electron chi connectivity index (χ4n) is 1.96. The Labute approximate surface area is 123 Å². The molecule has 2 aromatic rings. The van der Waals surface area contributed by atoms with Gasteiger partial charge in [-0.15, -0.1) is 0 Å². The lowest BCUT2D eigenvalue weighted by Crippen LogP contribution is -2.17. The van der Waals surface area contributed by atoms with E-state index in [1.165, 1.54) is 17.9 Å². The molecule has 0 aliphatic carbocycles. The van der Waals surface area contributed by atoms with Crippen LogP contribution < -0.4 is 15.2 Å². The minimum absolute atomic E-state index is 0.180. The minimum Gasteiger partial charge on any atom is -0.497 e. The predicted molar refractivity (Wildman–Crippen MR) is 79.8 cm³/mol. The predicted octanol–water partition coefficient (Wildman–Crippen LogP) is 0.731. The summed E-state index contributed by atoms with van der Waals surface area (Å²) in [6.07, 6.45) is 2.10. The van der Waals surface area contributed by atoms with Gasteiger partial charge in [-0.1, -0.05) is 0 Å². The van der Waals surface area contributed by atoms with Crippen molar-refractivity contribution in [3.8, 4) is 5.75 Å². The van der Waals surface area contributed by atoms with Gasteiger partial charge in [-0.05, 0) is 36.7 Å². The van der Waals surface area contributed by atoms with E-state index in [4.69, 9.17) is 10.5 Å². The molecule has 114 valence electrons. The number of rotatable bonds is 6. The van der Waals surface area contributed by atoms with Crippen molar-refractivity contribution in [2.24, 2.45) is 12.8 Å². The quantitative estimate of drug-likeness (QED) is 0.819. The van der Waals surface area contributed by atoms with Gasteiger partial charge in [0.25, 0.3) is 10.0 Å². The van der Waals surface area contributed by atoms with Gasteiger partial charge in [0.2, 0.25) is 0 Å². The molecule has 0 bridgehead atoms. The monoisotopic (exact) mass is 310 g/mol. The second kappa shape index (κ2) is 6.15. The van der Waals surface area contributed by atoms with Crippen molar-refractivity contribution in [3.63, 3.8) is 0 Å². The average Bonchev–Trinajstić information content (AvgIpc) is 2.83. The third-order valence-corrected chi connectivity index (χ3v) is 4.38. The molecule has 8 heteroatoms. The molecule has 1 heterocycles. The molecule has 0 radical (unpaired) electrons. The maximum Gasteiger partial charge on any atom is 0.263 e. The van der Waals surface area contributed by atoms with E-state index in [9.17, 15) is 8.42 Å². The highest BCUT2D eigenvalue weighted by Gasteiger charge is 2.20. The van der Waals surface area contributed by atoms with Gasteiger partial charge in [-0.2, -0.15) is 5.10 Å². The molecular weight excluding hydrogens is 292 g/mol. The topological polar surface area (TPSA) is 99.2 Å². The second-order valence-electron chi connectivity index (χ2n) is 4.49. The fourth-order valence-corrected chi connectivity index (χ4v) is 3.21. The molecule has 21 heavy (non-hydrogen) atoms. The van der Waals surface area contributed by atoms with Gasteiger partial charge in [0.15, 0.2) is 5.82 Å². The molecule has 0 saturated carbocycles. The van der Waals surface area contributed by atoms with Crippen molar-refractivity contribution in [1.29, 1.82) is 0 Å². The third-order valence-electron chi connectivity index (χ3n) is 2.92. The molecule has 3 N–H and O–H groups in total. The van der Waals surface area contributed by atoms with E-state index < -0.39 is 10.0 Å². The van der Waals surface area contributed by atoms with E-state index in [1.54, 1.807) is 31.4 Å². The lowest BCUT2D eigenvalue weighted by molar-refractivity contribution is 0.414. The molecule has 0 saturated heterocycles. The first-order valence-corrected chi connectivity index (χ1v) is 7.84. The molecular formula is C13H18N4O3S. The largest absolute Gasteiger partial charge is 0.497 e. The summed E-state index contributed by atoms with van der Waals surface area (Å²) in [5, 5.41) is 4.01. The van der Waals surface area contributed by atoms with E-state index in [0.717, 1.165) is 0 Å². The molecule has 1 aromatic heterocycles. The lowest BCUT2D eigenvalue weighted by Gasteiger charge is -2.12. The number of aromatic nitrogens is 2. The van der Waals surface area contributed by atoms with E-state index in [0.29, 0.717) is 24.3 Å². The van der Waals surface area contributed by atoms with Crippen LogP contribution >= 0.6 is 0 Å². The summed E-state index contributed by atoms with van der Waals surface area (Å²) in [5.74, 6) is 0.863. The number of benzene rings is 1. The van der Waals surface area contributed by atoms with Gasteiger partial charge in [-0.3, -0.25) is 9.40 Å². The number of methoxy groups -OCH3 is 1. The average molecular weight is 310 g/mol. The fraction of sp³-hybridized carbons (Fsp3) is 0.308. The van der Waals surface area contributed by atoms with E-state index in [2.05, 4.69) is 9.82 Å². The van der Waals surface area contributed by atoms with Crippen LogP contribution in [0.4, 0.5) is 5.82 Å². The highest BCUT2D eigenvalue weighted by atomic mass is 32.2. The van der Waals surface area contributed by atoms with Gasteiger partial charge < -0.3 is 10.5 Å². The first-order chi connectivity index (χ1) is 9.96. The summed E-state index contributed by atoms with van der Waals surface area (Å²) in [6.45, 7) is 0.347. The molecule has 0 aliphatic rings. The van der Waals surface area contributed by atoms with Gasteiger partial charge in [0.1, 0.15) is 5.75 Å². The van der Waals surface area contributed by atoms with E-state index in [1.807, 2.05) is 0 Å². The van der Waals surface area contributed by atoms with Crippen LogP contribution in [0.15, 0.2) is 35.4 Å². The first kappa shape index (κ1) is 15.3. The number of hydrogen-bond donors (Lipinski definition) is 2. The summed E-state index contributed by atoms with van der Waals surface area (Å²) in [5.41, 5.74) is 6.16. The van der Waals surface area contributed by atoms with Crippen LogP contribution in [0.3, 0.4) is 0 Å². The number of sulfonamides is 1. The number of anilines is 1. The van der Waals surface area contributed by atoms with Crippen LogP contribution in [0.2, 0.25) is 0 Å². The summed E-state index contributed by atoms with van der Waals surface area (Å²) in [6, 6.07) is 6.38. The standard InChI is InChI=1S/C13H18N4O3S/c1-17-8-6-13(15-17)16-21(18,19)12-4-3-11(20-2)9-10(12)5-7-14/h3-4,6,8-9H,5,7,14H2,1-2H3,(H,15,16). The van der Waals surface area contributed by atoms with Crippen molar-refractivity contribution in [2.75, 3.05) is 18.4 Å². The molecule has 0 amide bonds. The Morgan fingerprint density at radius 1 is 1.38 bits per heavy atom. The Bertz CT molecular complexity index is 725. The summed E-state index contributed by atoms with van der Waals surface area (Å²) in [7, 11) is -0.472.